The van der Waals surface area contributed by atoms with E-state index in [9.17, 15) is 0 Å². The monoisotopic (exact) mass is 295 g/mol. The molecule has 2 heterocycles. The summed E-state index contributed by atoms with van der Waals surface area (Å²) in [6.07, 6.45) is 0. The minimum atomic E-state index is 0.704. The van der Waals surface area contributed by atoms with E-state index in [-0.39, 0.29) is 0 Å². The summed E-state index contributed by atoms with van der Waals surface area (Å²) >= 11 is 1.95. The van der Waals surface area contributed by atoms with E-state index in [2.05, 4.69) is 56.0 Å². The number of likely N-dealkylation sites (tertiary alicyclic amines) is 1. The molecule has 1 fully saturated rings. The molecule has 20 heavy (non-hydrogen) atoms. The molecule has 2 rings (SSSR count). The molecule has 1 N–H and O–H groups in total. The number of hydrogen-bond acceptors (Lipinski definition) is 4. The third-order valence-corrected chi connectivity index (χ3v) is 5.42. The van der Waals surface area contributed by atoms with Gasteiger partial charge in [0.05, 0.1) is 0 Å². The Balaban J connectivity index is 1.95. The minimum Gasteiger partial charge on any atom is -0.312 e. The van der Waals surface area contributed by atoms with Crippen LogP contribution in [0.4, 0.5) is 0 Å². The zero-order chi connectivity index (χ0) is 14.7. The molecule has 1 aliphatic rings. The van der Waals surface area contributed by atoms with Gasteiger partial charge in [0.2, 0.25) is 0 Å². The van der Waals surface area contributed by atoms with Gasteiger partial charge in [0.15, 0.2) is 0 Å². The number of aryl methyl sites for hydroxylation is 1. The number of nitrogens with one attached hydrogen (secondary N) is 1. The first-order chi connectivity index (χ1) is 9.51. The quantitative estimate of drug-likeness (QED) is 0.870. The summed E-state index contributed by atoms with van der Waals surface area (Å²) < 4.78 is 0. The summed E-state index contributed by atoms with van der Waals surface area (Å²) in [5.74, 6) is 0.769. The van der Waals surface area contributed by atoms with Crippen molar-refractivity contribution in [2.45, 2.75) is 39.9 Å². The average Bonchev–Trinajstić information content (AvgIpc) is 2.91. The molecule has 1 aromatic heterocycles. The van der Waals surface area contributed by atoms with Crippen molar-refractivity contribution in [3.63, 3.8) is 0 Å². The fourth-order valence-electron chi connectivity index (χ4n) is 3.17. The average molecular weight is 295 g/mol. The second-order valence-corrected chi connectivity index (χ2v) is 7.62. The molecule has 0 aromatic carbocycles. The first-order valence-electron chi connectivity index (χ1n) is 7.69. The van der Waals surface area contributed by atoms with Crippen LogP contribution in [0, 0.1) is 12.8 Å². The Morgan fingerprint density at radius 1 is 1.40 bits per heavy atom. The Hall–Kier alpha value is -0.420. The van der Waals surface area contributed by atoms with Crippen molar-refractivity contribution < 1.29 is 0 Å². The van der Waals surface area contributed by atoms with Crippen molar-refractivity contribution in [1.29, 1.82) is 0 Å². The van der Waals surface area contributed by atoms with Gasteiger partial charge >= 0.3 is 0 Å². The molecule has 0 amide bonds. The van der Waals surface area contributed by atoms with Crippen LogP contribution in [0.3, 0.4) is 0 Å². The molecule has 3 nitrogen and oxygen atoms in total. The van der Waals surface area contributed by atoms with Gasteiger partial charge in [-0.3, -0.25) is 4.90 Å². The van der Waals surface area contributed by atoms with Crippen LogP contribution in [-0.4, -0.2) is 49.6 Å². The molecule has 0 spiro atoms. The summed E-state index contributed by atoms with van der Waals surface area (Å²) in [6.45, 7) is 12.4. The second kappa shape index (κ2) is 7.03. The van der Waals surface area contributed by atoms with Crippen molar-refractivity contribution in [1.82, 2.24) is 15.1 Å². The molecule has 2 unspecified atom stereocenters. The Morgan fingerprint density at radius 2 is 2.15 bits per heavy atom. The van der Waals surface area contributed by atoms with Gasteiger partial charge in [-0.25, -0.2) is 0 Å². The number of hydrogen-bond donors (Lipinski definition) is 1. The zero-order valence-electron chi connectivity index (χ0n) is 13.6. The Morgan fingerprint density at radius 3 is 2.75 bits per heavy atom. The van der Waals surface area contributed by atoms with Crippen LogP contribution in [0.5, 0.6) is 0 Å². The lowest BCUT2D eigenvalue weighted by molar-refractivity contribution is 0.250. The second-order valence-electron chi connectivity index (χ2n) is 6.28. The highest BCUT2D eigenvalue weighted by Crippen LogP contribution is 2.26. The van der Waals surface area contributed by atoms with Crippen LogP contribution < -0.4 is 5.32 Å². The van der Waals surface area contributed by atoms with Gasteiger partial charge in [-0.1, -0.05) is 13.8 Å². The Labute approximate surface area is 128 Å². The smallest absolute Gasteiger partial charge is 0.0299 e. The standard InChI is InChI=1S/C16H29N3S/c1-6-17-8-15-7-14(13(3)20-15)10-19-9-12(2)16(11-19)18(4)5/h7,12,16-17H,6,8-11H2,1-5H3. The number of nitrogens with zero attached hydrogens (tertiary/aromatic N) is 2. The van der Waals surface area contributed by atoms with E-state index in [1.807, 2.05) is 11.3 Å². The highest BCUT2D eigenvalue weighted by atomic mass is 32.1. The maximum atomic E-state index is 3.42. The predicted octanol–water partition coefficient (Wildman–Crippen LogP) is 2.55. The molecular formula is C16H29N3S. The van der Waals surface area contributed by atoms with Crippen molar-refractivity contribution >= 4 is 11.3 Å². The maximum absolute atomic E-state index is 3.42. The largest absolute Gasteiger partial charge is 0.312 e. The normalized spacial score (nSPS) is 23.9. The van der Waals surface area contributed by atoms with E-state index >= 15 is 0 Å². The first-order valence-corrected chi connectivity index (χ1v) is 8.50. The van der Waals surface area contributed by atoms with Gasteiger partial charge in [0.25, 0.3) is 0 Å². The van der Waals surface area contributed by atoms with Crippen molar-refractivity contribution in [2.24, 2.45) is 5.92 Å². The van der Waals surface area contributed by atoms with Gasteiger partial charge < -0.3 is 10.2 Å². The van der Waals surface area contributed by atoms with Gasteiger partial charge in [-0.05, 0) is 45.1 Å². The third-order valence-electron chi connectivity index (χ3n) is 4.33. The lowest BCUT2D eigenvalue weighted by Gasteiger charge is -2.22. The minimum absolute atomic E-state index is 0.704. The van der Waals surface area contributed by atoms with Gasteiger partial charge in [0.1, 0.15) is 0 Å². The SMILES string of the molecule is CCNCc1cc(CN2CC(C)C(N(C)C)C2)c(C)s1. The van der Waals surface area contributed by atoms with Gasteiger partial charge in [-0.2, -0.15) is 0 Å². The van der Waals surface area contributed by atoms with Gasteiger partial charge in [-0.15, -0.1) is 11.3 Å². The van der Waals surface area contributed by atoms with E-state index in [0.717, 1.165) is 25.6 Å². The lowest BCUT2D eigenvalue weighted by Crippen LogP contribution is -2.34. The Bertz CT molecular complexity index is 427. The molecule has 0 aliphatic carbocycles. The molecule has 1 aromatic rings. The fraction of sp³-hybridized carbons (Fsp3) is 0.750. The molecule has 0 bridgehead atoms. The fourth-order valence-corrected chi connectivity index (χ4v) is 4.19. The summed E-state index contributed by atoms with van der Waals surface area (Å²) in [7, 11) is 4.41. The summed E-state index contributed by atoms with van der Waals surface area (Å²) in [5, 5.41) is 3.42. The zero-order valence-corrected chi connectivity index (χ0v) is 14.4. The lowest BCUT2D eigenvalue weighted by atomic mass is 10.1. The molecule has 0 saturated carbocycles. The number of thiophene rings is 1. The molecule has 1 saturated heterocycles. The third kappa shape index (κ3) is 3.82. The van der Waals surface area contributed by atoms with Crippen molar-refractivity contribution in [3.05, 3.63) is 21.4 Å². The molecule has 1 aliphatic heterocycles. The van der Waals surface area contributed by atoms with E-state index < -0.39 is 0 Å². The van der Waals surface area contributed by atoms with Crippen molar-refractivity contribution in [2.75, 3.05) is 33.7 Å². The highest BCUT2D eigenvalue weighted by Gasteiger charge is 2.31. The van der Waals surface area contributed by atoms with Crippen LogP contribution in [0.25, 0.3) is 0 Å². The molecular weight excluding hydrogens is 266 g/mol. The van der Waals surface area contributed by atoms with E-state index in [4.69, 9.17) is 0 Å². The summed E-state index contributed by atoms with van der Waals surface area (Å²) in [6, 6.07) is 3.10. The maximum Gasteiger partial charge on any atom is 0.0299 e. The van der Waals surface area contributed by atoms with Crippen LogP contribution in [0.1, 0.15) is 29.2 Å². The molecule has 0 radical (unpaired) electrons. The highest BCUT2D eigenvalue weighted by molar-refractivity contribution is 7.12. The summed E-state index contributed by atoms with van der Waals surface area (Å²) in [5.41, 5.74) is 1.52. The summed E-state index contributed by atoms with van der Waals surface area (Å²) in [4.78, 5) is 7.94. The van der Waals surface area contributed by atoms with E-state index in [1.54, 1.807) is 0 Å². The Kier molecular flexibility index (Phi) is 5.61. The molecule has 2 atom stereocenters. The van der Waals surface area contributed by atoms with Crippen LogP contribution in [0.15, 0.2) is 6.07 Å². The van der Waals surface area contributed by atoms with Crippen LogP contribution >= 0.6 is 11.3 Å². The van der Waals surface area contributed by atoms with Gasteiger partial charge in [0, 0.05) is 42.0 Å². The van der Waals surface area contributed by atoms with Crippen molar-refractivity contribution in [3.8, 4) is 0 Å². The molecule has 114 valence electrons. The van der Waals surface area contributed by atoms with E-state index in [1.165, 1.54) is 28.4 Å². The van der Waals surface area contributed by atoms with Crippen LogP contribution in [-0.2, 0) is 13.1 Å². The number of likely N-dealkylation sites (N-methyl/N-ethyl adjacent to an activating group) is 1. The van der Waals surface area contributed by atoms with E-state index in [0.29, 0.717) is 6.04 Å². The predicted molar refractivity (Wildman–Crippen MR) is 88.4 cm³/mol. The topological polar surface area (TPSA) is 18.5 Å². The van der Waals surface area contributed by atoms with Crippen LogP contribution in [0.2, 0.25) is 0 Å². The number of rotatable bonds is 6. The molecule has 4 heteroatoms. The first kappa shape index (κ1) is 16.0.